The van der Waals surface area contributed by atoms with Crippen LogP contribution in [0.4, 0.5) is 0 Å². The fraction of sp³-hybridized carbons (Fsp3) is 0. The van der Waals surface area contributed by atoms with Gasteiger partial charge in [0.2, 0.25) is 0 Å². The summed E-state index contributed by atoms with van der Waals surface area (Å²) in [7, 11) is -1.74. The summed E-state index contributed by atoms with van der Waals surface area (Å²) in [5.74, 6) is 0. The third-order valence-corrected chi connectivity index (χ3v) is 3.85. The number of benzene rings is 1. The highest BCUT2D eigenvalue weighted by molar-refractivity contribution is 7.41. The molecule has 11 heavy (non-hydrogen) atoms. The molecule has 0 N–H and O–H groups in total. The highest BCUT2D eigenvalue weighted by Gasteiger charge is 2.08. The normalized spacial score (nSPS) is 10.1. The van der Waals surface area contributed by atoms with Crippen molar-refractivity contribution >= 4 is 34.8 Å². The lowest BCUT2D eigenvalue weighted by atomic mass is 10.2. The van der Waals surface area contributed by atoms with Gasteiger partial charge in [0.15, 0.2) is 0 Å². The smallest absolute Gasteiger partial charge is 0.144 e. The standard InChI is InChI=1S/C8H8Cl2Si/c1-7(11(9)10)8-5-3-2-4-6-8/h2-6,11H,1H2. The van der Waals surface area contributed by atoms with E-state index in [-0.39, 0.29) is 0 Å². The quantitative estimate of drug-likeness (QED) is 0.512. The van der Waals surface area contributed by atoms with Gasteiger partial charge in [0.1, 0.15) is 0 Å². The van der Waals surface area contributed by atoms with Gasteiger partial charge in [-0.25, -0.2) is 0 Å². The molecule has 0 aliphatic heterocycles. The molecule has 1 aromatic rings. The van der Waals surface area contributed by atoms with Crippen LogP contribution in [-0.2, 0) is 0 Å². The second-order valence-corrected chi connectivity index (χ2v) is 6.78. The van der Waals surface area contributed by atoms with E-state index in [4.69, 9.17) is 22.2 Å². The Kier molecular flexibility index (Phi) is 3.18. The maximum Gasteiger partial charge on any atom is 0.266 e. The first-order valence-corrected chi connectivity index (χ1v) is 7.31. The molecule has 0 heterocycles. The lowest BCUT2D eigenvalue weighted by molar-refractivity contribution is 1.65. The molecular formula is C8H8Cl2Si. The Morgan fingerprint density at radius 1 is 1.18 bits per heavy atom. The number of hydrogen-bond acceptors (Lipinski definition) is 0. The van der Waals surface area contributed by atoms with Crippen molar-refractivity contribution in [2.24, 2.45) is 0 Å². The Morgan fingerprint density at radius 2 is 1.73 bits per heavy atom. The molecule has 58 valence electrons. The van der Waals surface area contributed by atoms with Crippen LogP contribution in [0.2, 0.25) is 0 Å². The molecule has 0 radical (unpaired) electrons. The van der Waals surface area contributed by atoms with Crippen LogP contribution in [0.3, 0.4) is 0 Å². The summed E-state index contributed by atoms with van der Waals surface area (Å²) in [5.41, 5.74) is 1.05. The van der Waals surface area contributed by atoms with Gasteiger partial charge in [0.25, 0.3) is 7.42 Å². The highest BCUT2D eigenvalue weighted by Crippen LogP contribution is 2.19. The molecule has 0 atom stereocenters. The molecule has 0 aromatic heterocycles. The summed E-state index contributed by atoms with van der Waals surface area (Å²) in [5, 5.41) is 0.883. The lowest BCUT2D eigenvalue weighted by Crippen LogP contribution is -1.96. The van der Waals surface area contributed by atoms with Gasteiger partial charge < -0.3 is 0 Å². The van der Waals surface area contributed by atoms with Crippen LogP contribution in [0.1, 0.15) is 5.56 Å². The predicted octanol–water partition coefficient (Wildman–Crippen LogP) is 2.94. The Morgan fingerprint density at radius 3 is 2.18 bits per heavy atom. The SMILES string of the molecule is C=C(c1ccccc1)[SiH](Cl)Cl. The van der Waals surface area contributed by atoms with Crippen molar-refractivity contribution in [3.8, 4) is 0 Å². The van der Waals surface area contributed by atoms with Crippen LogP contribution in [0.15, 0.2) is 36.9 Å². The first-order valence-electron chi connectivity index (χ1n) is 3.24. The fourth-order valence-corrected chi connectivity index (χ4v) is 1.98. The Hall–Kier alpha value is -0.243. The molecule has 0 spiro atoms. The van der Waals surface area contributed by atoms with E-state index in [0.29, 0.717) is 0 Å². The van der Waals surface area contributed by atoms with Crippen molar-refractivity contribution in [2.45, 2.75) is 0 Å². The molecule has 0 nitrogen and oxygen atoms in total. The van der Waals surface area contributed by atoms with E-state index in [0.717, 1.165) is 10.8 Å². The van der Waals surface area contributed by atoms with Crippen molar-refractivity contribution < 1.29 is 0 Å². The fourth-order valence-electron chi connectivity index (χ4n) is 0.778. The van der Waals surface area contributed by atoms with Crippen LogP contribution in [0.5, 0.6) is 0 Å². The van der Waals surface area contributed by atoms with Gasteiger partial charge in [-0.1, -0.05) is 36.9 Å². The van der Waals surface area contributed by atoms with E-state index in [2.05, 4.69) is 6.58 Å². The summed E-state index contributed by atoms with van der Waals surface area (Å²) >= 11 is 11.5. The van der Waals surface area contributed by atoms with E-state index >= 15 is 0 Å². The van der Waals surface area contributed by atoms with Gasteiger partial charge in [0.05, 0.1) is 0 Å². The number of hydrogen-bond donors (Lipinski definition) is 0. The summed E-state index contributed by atoms with van der Waals surface area (Å²) in [4.78, 5) is 0. The molecule has 1 aromatic carbocycles. The van der Waals surface area contributed by atoms with Crippen LogP contribution in [0.25, 0.3) is 5.20 Å². The van der Waals surface area contributed by atoms with Crippen molar-refractivity contribution in [3.05, 3.63) is 42.5 Å². The highest BCUT2D eigenvalue weighted by atomic mass is 35.7. The van der Waals surface area contributed by atoms with E-state index < -0.39 is 7.42 Å². The maximum atomic E-state index is 5.77. The van der Waals surface area contributed by atoms with Gasteiger partial charge in [-0.3, -0.25) is 0 Å². The average molecular weight is 203 g/mol. The molecule has 1 rings (SSSR count). The minimum atomic E-state index is -1.74. The van der Waals surface area contributed by atoms with Gasteiger partial charge in [-0.2, -0.15) is 0 Å². The van der Waals surface area contributed by atoms with Gasteiger partial charge in [-0.15, -0.1) is 22.2 Å². The van der Waals surface area contributed by atoms with Gasteiger partial charge in [0, 0.05) is 0 Å². The van der Waals surface area contributed by atoms with Crippen LogP contribution in [-0.4, -0.2) is 7.42 Å². The van der Waals surface area contributed by atoms with Crippen molar-refractivity contribution in [1.82, 2.24) is 0 Å². The van der Waals surface area contributed by atoms with E-state index in [1.165, 1.54) is 0 Å². The predicted molar refractivity (Wildman–Crippen MR) is 54.3 cm³/mol. The Labute approximate surface area is 77.5 Å². The number of rotatable bonds is 2. The summed E-state index contributed by atoms with van der Waals surface area (Å²) in [6.07, 6.45) is 0. The zero-order chi connectivity index (χ0) is 8.27. The van der Waals surface area contributed by atoms with Crippen molar-refractivity contribution in [2.75, 3.05) is 0 Å². The molecule has 0 saturated heterocycles. The first kappa shape index (κ1) is 8.85. The van der Waals surface area contributed by atoms with Crippen molar-refractivity contribution in [3.63, 3.8) is 0 Å². The summed E-state index contributed by atoms with van der Waals surface area (Å²) < 4.78 is 0. The molecule has 0 aliphatic carbocycles. The minimum Gasteiger partial charge on any atom is -0.144 e. The third-order valence-electron chi connectivity index (χ3n) is 1.41. The molecule has 0 amide bonds. The molecule has 0 fully saturated rings. The maximum absolute atomic E-state index is 5.77. The molecule has 0 unspecified atom stereocenters. The average Bonchev–Trinajstić information content (AvgIpc) is 2.05. The third kappa shape index (κ3) is 2.36. The Bertz CT molecular complexity index is 244. The molecule has 0 bridgehead atoms. The molecular weight excluding hydrogens is 195 g/mol. The van der Waals surface area contributed by atoms with Crippen LogP contribution >= 0.6 is 22.2 Å². The van der Waals surface area contributed by atoms with Crippen molar-refractivity contribution in [1.29, 1.82) is 0 Å². The van der Waals surface area contributed by atoms with Gasteiger partial charge >= 0.3 is 0 Å². The van der Waals surface area contributed by atoms with Crippen LogP contribution < -0.4 is 0 Å². The zero-order valence-corrected chi connectivity index (χ0v) is 8.59. The summed E-state index contributed by atoms with van der Waals surface area (Å²) in [6, 6.07) is 9.78. The topological polar surface area (TPSA) is 0 Å². The minimum absolute atomic E-state index is 0.883. The second-order valence-electron chi connectivity index (χ2n) is 2.19. The molecule has 3 heteroatoms. The monoisotopic (exact) mass is 202 g/mol. The zero-order valence-electron chi connectivity index (χ0n) is 5.93. The molecule has 0 aliphatic rings. The van der Waals surface area contributed by atoms with E-state index in [1.807, 2.05) is 30.3 Å². The second kappa shape index (κ2) is 3.95. The van der Waals surface area contributed by atoms with Gasteiger partial charge in [-0.05, 0) is 10.8 Å². The van der Waals surface area contributed by atoms with Crippen LogP contribution in [0, 0.1) is 0 Å². The molecule has 0 saturated carbocycles. The largest absolute Gasteiger partial charge is 0.266 e. The number of halogens is 2. The lowest BCUT2D eigenvalue weighted by Gasteiger charge is -2.03. The first-order chi connectivity index (χ1) is 5.22. The van der Waals surface area contributed by atoms with E-state index in [1.54, 1.807) is 0 Å². The Balaban J connectivity index is 2.86. The summed E-state index contributed by atoms with van der Waals surface area (Å²) in [6.45, 7) is 3.82. The van der Waals surface area contributed by atoms with E-state index in [9.17, 15) is 0 Å².